The van der Waals surface area contributed by atoms with E-state index in [-0.39, 0.29) is 4.90 Å². The van der Waals surface area contributed by atoms with Crippen LogP contribution in [0.2, 0.25) is 0 Å². The maximum atomic E-state index is 12.1. The lowest BCUT2D eigenvalue weighted by Crippen LogP contribution is -2.03. The molecule has 0 saturated carbocycles. The normalized spacial score (nSPS) is 11.5. The smallest absolute Gasteiger partial charge is 0.177 e. The molecule has 0 radical (unpaired) electrons. The summed E-state index contributed by atoms with van der Waals surface area (Å²) in [6.07, 6.45) is 7.45. The summed E-state index contributed by atoms with van der Waals surface area (Å²) in [6, 6.07) is 13.4. The number of nitrogens with one attached hydrogen (secondary N) is 1. The Morgan fingerprint density at radius 2 is 1.79 bits per heavy atom. The first-order valence-electron chi connectivity index (χ1n) is 8.65. The van der Waals surface area contributed by atoms with Gasteiger partial charge in [0, 0.05) is 36.1 Å². The zero-order valence-electron chi connectivity index (χ0n) is 15.4. The van der Waals surface area contributed by atoms with Crippen molar-refractivity contribution in [2.75, 3.05) is 11.6 Å². The maximum absolute atomic E-state index is 12.1. The number of hydrogen-bond acceptors (Lipinski definition) is 6. The van der Waals surface area contributed by atoms with Gasteiger partial charge in [0.25, 0.3) is 0 Å². The van der Waals surface area contributed by atoms with E-state index in [1.807, 2.05) is 37.3 Å². The average molecular weight is 390 g/mol. The molecular formula is C21H18N4O2S. The molecule has 0 aliphatic heterocycles. The van der Waals surface area contributed by atoms with Gasteiger partial charge in [-0.25, -0.2) is 8.42 Å². The van der Waals surface area contributed by atoms with Gasteiger partial charge < -0.3 is 5.32 Å². The summed E-state index contributed by atoms with van der Waals surface area (Å²) in [6.45, 7) is 2.04. The fraction of sp³-hybridized carbons (Fsp3) is 0.0952. The fourth-order valence-corrected chi connectivity index (χ4v) is 3.95. The predicted octanol–water partition coefficient (Wildman–Crippen LogP) is 4.15. The Hall–Kier alpha value is -3.32. The van der Waals surface area contributed by atoms with Gasteiger partial charge in [0.2, 0.25) is 0 Å². The molecule has 1 N–H and O–H groups in total. The quantitative estimate of drug-likeness (QED) is 0.563. The van der Waals surface area contributed by atoms with E-state index in [9.17, 15) is 8.42 Å². The molecule has 0 aliphatic carbocycles. The van der Waals surface area contributed by atoms with Crippen molar-refractivity contribution in [1.29, 1.82) is 0 Å². The molecule has 2 aromatic heterocycles. The lowest BCUT2D eigenvalue weighted by atomic mass is 10.0. The van der Waals surface area contributed by atoms with Crippen molar-refractivity contribution in [3.8, 4) is 11.1 Å². The van der Waals surface area contributed by atoms with Gasteiger partial charge in [0.15, 0.2) is 9.84 Å². The highest BCUT2D eigenvalue weighted by Crippen LogP contribution is 2.32. The van der Waals surface area contributed by atoms with E-state index in [0.717, 1.165) is 22.2 Å². The second-order valence-electron chi connectivity index (χ2n) is 6.59. The minimum Gasteiger partial charge on any atom is -0.353 e. The van der Waals surface area contributed by atoms with Crippen molar-refractivity contribution >= 4 is 32.2 Å². The van der Waals surface area contributed by atoms with Crippen LogP contribution in [0.15, 0.2) is 72.1 Å². The van der Waals surface area contributed by atoms with Crippen LogP contribution >= 0.6 is 0 Å². The van der Waals surface area contributed by atoms with Gasteiger partial charge in [-0.15, -0.1) is 0 Å². The van der Waals surface area contributed by atoms with Crippen LogP contribution in [0.4, 0.5) is 11.4 Å². The number of pyridine rings is 1. The van der Waals surface area contributed by atoms with E-state index in [1.54, 1.807) is 12.4 Å². The third-order valence-corrected chi connectivity index (χ3v) is 5.52. The molecule has 0 unspecified atom stereocenters. The second-order valence-corrected chi connectivity index (χ2v) is 8.57. The first kappa shape index (κ1) is 18.1. The van der Waals surface area contributed by atoms with E-state index >= 15 is 0 Å². The van der Waals surface area contributed by atoms with Gasteiger partial charge in [0.05, 0.1) is 27.8 Å². The Balaban J connectivity index is 1.89. The third kappa shape index (κ3) is 3.57. The van der Waals surface area contributed by atoms with Crippen molar-refractivity contribution in [3.63, 3.8) is 0 Å². The highest BCUT2D eigenvalue weighted by molar-refractivity contribution is 7.90. The summed E-state index contributed by atoms with van der Waals surface area (Å²) >= 11 is 0. The highest BCUT2D eigenvalue weighted by atomic mass is 32.2. The van der Waals surface area contributed by atoms with Crippen LogP contribution in [0.3, 0.4) is 0 Å². The van der Waals surface area contributed by atoms with Crippen LogP contribution in [0.25, 0.3) is 22.2 Å². The minimum absolute atomic E-state index is 0.193. The van der Waals surface area contributed by atoms with Gasteiger partial charge in [-0.1, -0.05) is 29.8 Å². The van der Waals surface area contributed by atoms with Crippen LogP contribution in [-0.2, 0) is 9.84 Å². The van der Waals surface area contributed by atoms with E-state index in [0.29, 0.717) is 16.9 Å². The minimum atomic E-state index is -3.39. The van der Waals surface area contributed by atoms with E-state index in [1.165, 1.54) is 24.7 Å². The van der Waals surface area contributed by atoms with Gasteiger partial charge >= 0.3 is 0 Å². The van der Waals surface area contributed by atoms with Crippen LogP contribution in [0, 0.1) is 6.92 Å². The Morgan fingerprint density at radius 3 is 2.57 bits per heavy atom. The molecular weight excluding hydrogens is 372 g/mol. The van der Waals surface area contributed by atoms with Crippen LogP contribution < -0.4 is 5.32 Å². The van der Waals surface area contributed by atoms with Crippen molar-refractivity contribution in [1.82, 2.24) is 15.0 Å². The molecule has 0 saturated heterocycles. The zero-order chi connectivity index (χ0) is 19.7. The van der Waals surface area contributed by atoms with Gasteiger partial charge in [0.1, 0.15) is 0 Å². The number of rotatable bonds is 4. The molecule has 4 rings (SSSR count). The summed E-state index contributed by atoms with van der Waals surface area (Å²) in [5.41, 5.74) is 5.71. The van der Waals surface area contributed by atoms with Gasteiger partial charge in [-0.05, 0) is 30.7 Å². The largest absolute Gasteiger partial charge is 0.353 e. The highest BCUT2D eigenvalue weighted by Gasteiger charge is 2.15. The predicted molar refractivity (Wildman–Crippen MR) is 110 cm³/mol. The zero-order valence-corrected chi connectivity index (χ0v) is 16.2. The standard InChI is InChI=1S/C21H18N4O2S/c1-14-4-3-5-15(10-14)17-11-16(12-18-21(17)24-9-8-23-18)25-19-13-22-7-6-20(19)28(2,26)27/h3-13,25H,1-2H3. The summed E-state index contributed by atoms with van der Waals surface area (Å²) in [5.74, 6) is 0. The Kier molecular flexibility index (Phi) is 4.52. The van der Waals surface area contributed by atoms with Crippen LogP contribution in [-0.4, -0.2) is 29.6 Å². The van der Waals surface area contributed by atoms with Gasteiger partial charge in [-0.3, -0.25) is 15.0 Å². The SMILES string of the molecule is Cc1cccc(-c2cc(Nc3cnccc3S(C)(=O)=O)cc3nccnc23)c1. The molecule has 0 fully saturated rings. The van der Waals surface area contributed by atoms with Crippen LogP contribution in [0.5, 0.6) is 0 Å². The fourth-order valence-electron chi connectivity index (χ4n) is 3.13. The molecule has 6 nitrogen and oxygen atoms in total. The van der Waals surface area contributed by atoms with E-state index in [2.05, 4.69) is 26.3 Å². The van der Waals surface area contributed by atoms with E-state index in [4.69, 9.17) is 0 Å². The molecule has 0 bridgehead atoms. The third-order valence-electron chi connectivity index (χ3n) is 4.36. The molecule has 140 valence electrons. The topological polar surface area (TPSA) is 84.8 Å². The molecule has 2 aromatic carbocycles. The average Bonchev–Trinajstić information content (AvgIpc) is 2.67. The Bertz CT molecular complexity index is 1290. The molecule has 0 spiro atoms. The lowest BCUT2D eigenvalue weighted by Gasteiger charge is -2.13. The number of aromatic nitrogens is 3. The molecule has 7 heteroatoms. The van der Waals surface area contributed by atoms with Crippen molar-refractivity contribution < 1.29 is 8.42 Å². The number of benzene rings is 2. The molecule has 2 heterocycles. The maximum Gasteiger partial charge on any atom is 0.177 e. The summed E-state index contributed by atoms with van der Waals surface area (Å²) in [5, 5.41) is 3.19. The molecule has 28 heavy (non-hydrogen) atoms. The van der Waals surface area contributed by atoms with Crippen molar-refractivity contribution in [3.05, 3.63) is 72.8 Å². The lowest BCUT2D eigenvalue weighted by molar-refractivity contribution is 0.602. The number of anilines is 2. The number of hydrogen-bond donors (Lipinski definition) is 1. The number of aryl methyl sites for hydroxylation is 1. The summed E-state index contributed by atoms with van der Waals surface area (Å²) in [4.78, 5) is 13.2. The number of sulfone groups is 1. The summed E-state index contributed by atoms with van der Waals surface area (Å²) in [7, 11) is -3.39. The van der Waals surface area contributed by atoms with Crippen molar-refractivity contribution in [2.24, 2.45) is 0 Å². The number of fused-ring (bicyclic) bond motifs is 1. The Morgan fingerprint density at radius 1 is 0.964 bits per heavy atom. The first-order valence-corrected chi connectivity index (χ1v) is 10.5. The number of nitrogens with zero attached hydrogens (tertiary/aromatic N) is 3. The molecule has 4 aromatic rings. The van der Waals surface area contributed by atoms with E-state index < -0.39 is 9.84 Å². The molecule has 0 aliphatic rings. The van der Waals surface area contributed by atoms with Crippen molar-refractivity contribution in [2.45, 2.75) is 11.8 Å². The second kappa shape index (κ2) is 7.01. The molecule has 0 amide bonds. The summed E-state index contributed by atoms with van der Waals surface area (Å²) < 4.78 is 24.2. The monoisotopic (exact) mass is 390 g/mol. The van der Waals surface area contributed by atoms with Gasteiger partial charge in [-0.2, -0.15) is 0 Å². The first-order chi connectivity index (χ1) is 13.4. The molecule has 0 atom stereocenters. The Labute approximate surface area is 163 Å². The van der Waals surface area contributed by atoms with Crippen LogP contribution in [0.1, 0.15) is 5.56 Å².